The highest BCUT2D eigenvalue weighted by molar-refractivity contribution is 5.99. The van der Waals surface area contributed by atoms with Crippen molar-refractivity contribution in [1.29, 1.82) is 0 Å². The minimum atomic E-state index is -4.73. The fraction of sp³-hybridized carbons (Fsp3) is 0.371. The number of carbonyl (C=O) groups is 2. The largest absolute Gasteiger partial charge is 0.467 e. The molecule has 1 fully saturated rings. The molecule has 1 N–H and O–H groups in total. The molecule has 6 rings (SSSR count). The van der Waals surface area contributed by atoms with Crippen molar-refractivity contribution in [3.8, 4) is 11.1 Å². The topological polar surface area (TPSA) is 106 Å². The van der Waals surface area contributed by atoms with Crippen molar-refractivity contribution in [1.82, 2.24) is 19.8 Å². The van der Waals surface area contributed by atoms with Gasteiger partial charge in [0.2, 0.25) is 0 Å². The van der Waals surface area contributed by atoms with Crippen molar-refractivity contribution < 1.29 is 41.0 Å². The number of alkyl halides is 3. The summed E-state index contributed by atoms with van der Waals surface area (Å²) in [5, 5.41) is 2.89. The van der Waals surface area contributed by atoms with Gasteiger partial charge in [0.05, 0.1) is 25.8 Å². The molecule has 1 amide bonds. The zero-order valence-electron chi connectivity index (χ0n) is 27.4. The van der Waals surface area contributed by atoms with Crippen molar-refractivity contribution in [2.75, 3.05) is 45.4 Å². The lowest BCUT2D eigenvalue weighted by Gasteiger charge is -2.38. The highest BCUT2D eigenvalue weighted by atomic mass is 19.4. The molecule has 0 unspecified atom stereocenters. The van der Waals surface area contributed by atoms with Gasteiger partial charge in [0.15, 0.2) is 0 Å². The molecule has 264 valence electrons. The summed E-state index contributed by atoms with van der Waals surface area (Å²) in [5.74, 6) is -5.04. The number of likely N-dealkylation sites (N-methyl/N-ethyl adjacent to an activating group) is 1. The van der Waals surface area contributed by atoms with Gasteiger partial charge in [-0.1, -0.05) is 18.2 Å². The van der Waals surface area contributed by atoms with E-state index in [2.05, 4.69) is 15.2 Å². The van der Waals surface area contributed by atoms with E-state index in [4.69, 9.17) is 9.47 Å². The Balaban J connectivity index is 1.31. The average molecular weight is 700 g/mol. The number of benzene rings is 2. The van der Waals surface area contributed by atoms with Crippen LogP contribution in [0.3, 0.4) is 0 Å². The summed E-state index contributed by atoms with van der Waals surface area (Å²) in [5.41, 5.74) is 2.32. The third-order valence-electron chi connectivity index (χ3n) is 9.26. The first-order valence-corrected chi connectivity index (χ1v) is 15.8. The Morgan fingerprint density at radius 3 is 2.52 bits per heavy atom. The molecule has 1 saturated heterocycles. The maximum absolute atomic E-state index is 15.3. The fourth-order valence-electron chi connectivity index (χ4n) is 6.70. The van der Waals surface area contributed by atoms with Gasteiger partial charge in [0.25, 0.3) is 11.5 Å². The number of methoxy groups -OCH3 is 1. The van der Waals surface area contributed by atoms with Crippen molar-refractivity contribution in [2.45, 2.75) is 37.6 Å². The van der Waals surface area contributed by atoms with Crippen LogP contribution in [-0.4, -0.2) is 85.0 Å². The number of aromatic nitrogens is 2. The second-order valence-corrected chi connectivity index (χ2v) is 12.4. The quantitative estimate of drug-likeness (QED) is 0.227. The summed E-state index contributed by atoms with van der Waals surface area (Å²) < 4.78 is 82.9. The molecule has 2 aromatic heterocycles. The van der Waals surface area contributed by atoms with Gasteiger partial charge in [-0.25, -0.2) is 13.6 Å². The van der Waals surface area contributed by atoms with Crippen LogP contribution in [0.5, 0.6) is 0 Å². The van der Waals surface area contributed by atoms with Gasteiger partial charge < -0.3 is 29.2 Å². The highest BCUT2D eigenvalue weighted by Crippen LogP contribution is 2.34. The molecule has 2 atom stereocenters. The van der Waals surface area contributed by atoms with Gasteiger partial charge in [-0.3, -0.25) is 14.6 Å². The zero-order chi connectivity index (χ0) is 35.9. The minimum absolute atomic E-state index is 0.0917. The van der Waals surface area contributed by atoms with Crippen LogP contribution in [0.25, 0.3) is 22.0 Å². The van der Waals surface area contributed by atoms with Crippen LogP contribution in [-0.2, 0) is 40.7 Å². The average Bonchev–Trinajstić information content (AvgIpc) is 3.08. The number of ether oxygens (including phenoxy) is 2. The molecule has 0 spiro atoms. The molecule has 0 saturated carbocycles. The van der Waals surface area contributed by atoms with Crippen LogP contribution in [0.1, 0.15) is 27.2 Å². The molecule has 15 heteroatoms. The summed E-state index contributed by atoms with van der Waals surface area (Å²) >= 11 is 0. The Morgan fingerprint density at radius 1 is 1.08 bits per heavy atom. The Bertz CT molecular complexity index is 2010. The number of anilines is 1. The van der Waals surface area contributed by atoms with Gasteiger partial charge >= 0.3 is 12.1 Å². The van der Waals surface area contributed by atoms with Gasteiger partial charge in [-0.15, -0.1) is 0 Å². The first kappa shape index (κ1) is 35.0. The number of amides is 1. The van der Waals surface area contributed by atoms with E-state index in [9.17, 15) is 27.6 Å². The number of fused-ring (bicyclic) bond motifs is 2. The van der Waals surface area contributed by atoms with Crippen LogP contribution < -0.4 is 15.8 Å². The van der Waals surface area contributed by atoms with Crippen molar-refractivity contribution in [3.63, 3.8) is 0 Å². The molecule has 0 bridgehead atoms. The number of morpholine rings is 1. The molecule has 2 aromatic carbocycles. The highest BCUT2D eigenvalue weighted by Gasteiger charge is 2.46. The van der Waals surface area contributed by atoms with E-state index in [1.54, 1.807) is 42.1 Å². The maximum Gasteiger partial charge on any atom is 0.411 e. The van der Waals surface area contributed by atoms with E-state index < -0.39 is 59.6 Å². The predicted octanol–water partition coefficient (Wildman–Crippen LogP) is 4.15. The van der Waals surface area contributed by atoms with Crippen LogP contribution in [0.2, 0.25) is 0 Å². The second kappa shape index (κ2) is 13.8. The molecule has 4 aromatic rings. The van der Waals surface area contributed by atoms with Crippen LogP contribution in [0.15, 0.2) is 53.5 Å². The normalized spacial score (nSPS) is 17.4. The Morgan fingerprint density at radius 2 is 1.82 bits per heavy atom. The second-order valence-electron chi connectivity index (χ2n) is 12.4. The van der Waals surface area contributed by atoms with Gasteiger partial charge in [-0.05, 0) is 42.4 Å². The molecule has 2 aliphatic heterocycles. The Labute approximate surface area is 283 Å². The van der Waals surface area contributed by atoms with Crippen LogP contribution in [0.4, 0.5) is 27.6 Å². The number of carbonyl (C=O) groups excluding carboxylic acids is 2. The summed E-state index contributed by atoms with van der Waals surface area (Å²) in [6.07, 6.45) is -2.62. The van der Waals surface area contributed by atoms with E-state index >= 15 is 8.78 Å². The SMILES string of the molecule is COC(=O)[C@H](Cc1ccc(-c2cc3c(n(C)c2=O)CCN(C)C3)c2ncccc12)NC(=O)c1c(F)cc(N2CCOC[C@@H]2C(F)(F)F)cc1F. The number of pyridine rings is 2. The monoisotopic (exact) mass is 699 g/mol. The number of nitrogens with one attached hydrogen (secondary N) is 1. The lowest BCUT2D eigenvalue weighted by molar-refractivity contribution is -0.167. The number of esters is 1. The third-order valence-corrected chi connectivity index (χ3v) is 9.26. The van der Waals surface area contributed by atoms with Crippen molar-refractivity contribution in [3.05, 3.63) is 93.0 Å². The molecular weight excluding hydrogens is 665 g/mol. The molecule has 10 nitrogen and oxygen atoms in total. The molecule has 2 aliphatic rings. The van der Waals surface area contributed by atoms with E-state index in [-0.39, 0.29) is 25.1 Å². The fourth-order valence-corrected chi connectivity index (χ4v) is 6.70. The van der Waals surface area contributed by atoms with E-state index in [0.717, 1.165) is 36.2 Å². The lowest BCUT2D eigenvalue weighted by atomic mass is 9.94. The summed E-state index contributed by atoms with van der Waals surface area (Å²) in [6, 6.07) is 6.41. The molecular formula is C35H34F5N5O5. The first-order chi connectivity index (χ1) is 23.8. The lowest BCUT2D eigenvalue weighted by Crippen LogP contribution is -2.53. The summed E-state index contributed by atoms with van der Waals surface area (Å²) in [6.45, 7) is 0.414. The van der Waals surface area contributed by atoms with Crippen LogP contribution >= 0.6 is 0 Å². The first-order valence-electron chi connectivity index (χ1n) is 15.8. The number of hydrogen-bond donors (Lipinski definition) is 1. The number of halogens is 5. The van der Waals surface area contributed by atoms with Gasteiger partial charge in [0, 0.05) is 73.6 Å². The molecule has 4 heterocycles. The Kier molecular flexibility index (Phi) is 9.64. The maximum atomic E-state index is 15.3. The predicted molar refractivity (Wildman–Crippen MR) is 174 cm³/mol. The van der Waals surface area contributed by atoms with Gasteiger partial charge in [-0.2, -0.15) is 13.2 Å². The third kappa shape index (κ3) is 6.66. The molecule has 0 radical (unpaired) electrons. The van der Waals surface area contributed by atoms with E-state index in [0.29, 0.717) is 46.3 Å². The Hall–Kier alpha value is -4.89. The van der Waals surface area contributed by atoms with Gasteiger partial charge in [0.1, 0.15) is 29.3 Å². The van der Waals surface area contributed by atoms with E-state index in [1.165, 1.54) is 0 Å². The minimum Gasteiger partial charge on any atom is -0.467 e. The standard InChI is InChI=1S/C35H34F5N5O5/c1-43-10-8-28-20(17-43)13-24(33(47)44(28)2)23-7-6-19(22-5-4-9-41-31(22)23)14-27(34(48)49-3)42-32(46)30-25(36)15-21(16-26(30)37)45-11-12-50-18-29(45)35(38,39)40/h4-7,9,13,15-16,27,29H,8,10-12,14,17-18H2,1-3H3,(H,42,46)/t27-,29+/m0/s1. The molecule has 0 aliphatic carbocycles. The van der Waals surface area contributed by atoms with Crippen molar-refractivity contribution in [2.24, 2.45) is 7.05 Å². The van der Waals surface area contributed by atoms with Crippen molar-refractivity contribution >= 4 is 28.5 Å². The number of nitrogens with zero attached hydrogens (tertiary/aromatic N) is 4. The summed E-state index contributed by atoms with van der Waals surface area (Å²) in [7, 11) is 4.83. The van der Waals surface area contributed by atoms with Crippen LogP contribution in [0, 0.1) is 11.6 Å². The van der Waals surface area contributed by atoms with E-state index in [1.807, 2.05) is 13.1 Å². The zero-order valence-corrected chi connectivity index (χ0v) is 27.4. The molecule has 50 heavy (non-hydrogen) atoms. The smallest absolute Gasteiger partial charge is 0.411 e. The summed E-state index contributed by atoms with van der Waals surface area (Å²) in [4.78, 5) is 47.2. The number of hydrogen-bond acceptors (Lipinski definition) is 8. The number of rotatable bonds is 7.